The van der Waals surface area contributed by atoms with Crippen molar-refractivity contribution < 1.29 is 0 Å². The van der Waals surface area contributed by atoms with Crippen molar-refractivity contribution in [3.8, 4) is 33.8 Å². The number of aromatic nitrogens is 3. The zero-order valence-corrected chi connectivity index (χ0v) is 21.1. The summed E-state index contributed by atoms with van der Waals surface area (Å²) in [4.78, 5) is 9.69. The molecule has 182 valence electrons. The molecule has 0 amide bonds. The third kappa shape index (κ3) is 3.37. The van der Waals surface area contributed by atoms with Crippen LogP contribution in [-0.4, -0.2) is 14.4 Å². The summed E-state index contributed by atoms with van der Waals surface area (Å²) in [7, 11) is 0. The van der Waals surface area contributed by atoms with Crippen molar-refractivity contribution in [2.45, 2.75) is 0 Å². The maximum absolute atomic E-state index is 5.02. The molecule has 0 atom stereocenters. The summed E-state index contributed by atoms with van der Waals surface area (Å²) in [5.74, 6) is 0. The fourth-order valence-electron chi connectivity index (χ4n) is 5.95. The third-order valence-corrected chi connectivity index (χ3v) is 7.67. The summed E-state index contributed by atoms with van der Waals surface area (Å²) in [6.07, 6.45) is 3.92. The molecule has 3 heteroatoms. The molecule has 0 aliphatic heterocycles. The molecule has 0 aliphatic rings. The Morgan fingerprint density at radius 3 is 1.92 bits per heavy atom. The molecule has 3 heterocycles. The fraction of sp³-hybridized carbons (Fsp3) is 0. The molecular formula is C36H23N3. The van der Waals surface area contributed by atoms with Gasteiger partial charge in [0.1, 0.15) is 11.3 Å². The molecule has 3 nitrogen and oxygen atoms in total. The molecule has 0 unspecified atom stereocenters. The molecule has 0 aliphatic carbocycles. The highest BCUT2D eigenvalue weighted by Crippen LogP contribution is 2.42. The van der Waals surface area contributed by atoms with E-state index in [9.17, 15) is 0 Å². The molecule has 8 rings (SSSR count). The van der Waals surface area contributed by atoms with E-state index in [-0.39, 0.29) is 0 Å². The van der Waals surface area contributed by atoms with Gasteiger partial charge in [0.15, 0.2) is 0 Å². The summed E-state index contributed by atoms with van der Waals surface area (Å²) >= 11 is 0. The first-order valence-corrected chi connectivity index (χ1v) is 13.2. The van der Waals surface area contributed by atoms with Crippen LogP contribution in [-0.2, 0) is 0 Å². The summed E-state index contributed by atoms with van der Waals surface area (Å²) in [5, 5.41) is 7.47. The lowest BCUT2D eigenvalue weighted by Gasteiger charge is -2.16. The molecule has 0 radical (unpaired) electrons. The number of hydrogen-bond donors (Lipinski definition) is 0. The number of imidazole rings is 1. The number of pyridine rings is 2. The molecule has 8 aromatic rings. The monoisotopic (exact) mass is 497 g/mol. The normalized spacial score (nSPS) is 11.6. The lowest BCUT2D eigenvalue weighted by Crippen LogP contribution is -1.93. The van der Waals surface area contributed by atoms with Crippen LogP contribution in [0.4, 0.5) is 0 Å². The van der Waals surface area contributed by atoms with Crippen LogP contribution in [0.15, 0.2) is 140 Å². The topological polar surface area (TPSA) is 30.2 Å². The average molecular weight is 498 g/mol. The number of hydrogen-bond acceptors (Lipinski definition) is 2. The molecular weight excluding hydrogens is 474 g/mol. The maximum Gasteiger partial charge on any atom is 0.138 e. The average Bonchev–Trinajstić information content (AvgIpc) is 3.40. The third-order valence-electron chi connectivity index (χ3n) is 7.67. The number of benzene rings is 5. The molecule has 0 fully saturated rings. The quantitative estimate of drug-likeness (QED) is 0.228. The summed E-state index contributed by atoms with van der Waals surface area (Å²) in [5.41, 5.74) is 7.32. The Hall–Kier alpha value is -5.28. The van der Waals surface area contributed by atoms with E-state index in [0.717, 1.165) is 28.3 Å². The Kier molecular flexibility index (Phi) is 4.82. The number of rotatable bonds is 3. The second kappa shape index (κ2) is 8.64. The smallest absolute Gasteiger partial charge is 0.138 e. The van der Waals surface area contributed by atoms with Gasteiger partial charge in [0, 0.05) is 18.0 Å². The van der Waals surface area contributed by atoms with Crippen molar-refractivity contribution in [3.63, 3.8) is 0 Å². The van der Waals surface area contributed by atoms with Gasteiger partial charge in [-0.1, -0.05) is 97.1 Å². The summed E-state index contributed by atoms with van der Waals surface area (Å²) in [6.45, 7) is 0. The van der Waals surface area contributed by atoms with E-state index in [1.807, 2.05) is 36.5 Å². The van der Waals surface area contributed by atoms with Crippen LogP contribution >= 0.6 is 0 Å². The fourth-order valence-corrected chi connectivity index (χ4v) is 5.95. The largest absolute Gasteiger partial charge is 0.299 e. The molecule has 0 saturated heterocycles. The van der Waals surface area contributed by atoms with Crippen LogP contribution in [0.25, 0.3) is 71.7 Å². The van der Waals surface area contributed by atoms with Gasteiger partial charge >= 0.3 is 0 Å². The van der Waals surface area contributed by atoms with Crippen molar-refractivity contribution in [1.29, 1.82) is 0 Å². The van der Waals surface area contributed by atoms with Crippen molar-refractivity contribution in [3.05, 3.63) is 140 Å². The van der Waals surface area contributed by atoms with Gasteiger partial charge in [0.05, 0.1) is 11.4 Å². The minimum absolute atomic E-state index is 0.866. The Labute approximate surface area is 225 Å². The number of fused-ring (bicyclic) bond motifs is 5. The zero-order chi connectivity index (χ0) is 25.8. The highest BCUT2D eigenvalue weighted by molar-refractivity contribution is 6.17. The molecule has 3 aromatic heterocycles. The lowest BCUT2D eigenvalue weighted by atomic mass is 9.89. The second-order valence-electron chi connectivity index (χ2n) is 9.85. The van der Waals surface area contributed by atoms with Crippen LogP contribution < -0.4 is 0 Å². The van der Waals surface area contributed by atoms with Crippen molar-refractivity contribution in [2.75, 3.05) is 0 Å². The van der Waals surface area contributed by atoms with E-state index in [1.165, 1.54) is 43.4 Å². The Morgan fingerprint density at radius 2 is 1.13 bits per heavy atom. The van der Waals surface area contributed by atoms with Gasteiger partial charge in [-0.3, -0.25) is 9.38 Å². The molecule has 39 heavy (non-hydrogen) atoms. The predicted molar refractivity (Wildman–Crippen MR) is 162 cm³/mol. The Balaban J connectivity index is 1.45. The van der Waals surface area contributed by atoms with E-state index >= 15 is 0 Å². The summed E-state index contributed by atoms with van der Waals surface area (Å²) in [6, 6.07) is 45.1. The van der Waals surface area contributed by atoms with Gasteiger partial charge < -0.3 is 0 Å². The lowest BCUT2D eigenvalue weighted by molar-refractivity contribution is 1.19. The van der Waals surface area contributed by atoms with Crippen molar-refractivity contribution in [2.24, 2.45) is 0 Å². The Bertz CT molecular complexity index is 2170. The molecule has 0 bridgehead atoms. The second-order valence-corrected chi connectivity index (χ2v) is 9.85. The van der Waals surface area contributed by atoms with Crippen LogP contribution in [0.1, 0.15) is 0 Å². The van der Waals surface area contributed by atoms with Gasteiger partial charge in [0.25, 0.3) is 0 Å². The SMILES string of the molecule is c1ccc(-c2nc3ccccn3c2-c2ccc(-c3cc4ccccc4c4ccccc34)c3ccccc23)nc1. The first kappa shape index (κ1) is 21.8. The first-order valence-electron chi connectivity index (χ1n) is 13.2. The van der Waals surface area contributed by atoms with Crippen molar-refractivity contribution >= 4 is 38.0 Å². The highest BCUT2D eigenvalue weighted by atomic mass is 15.0. The predicted octanol–water partition coefficient (Wildman–Crippen LogP) is 9.19. The first-order chi connectivity index (χ1) is 19.4. The van der Waals surface area contributed by atoms with Crippen LogP contribution in [0.3, 0.4) is 0 Å². The maximum atomic E-state index is 5.02. The minimum Gasteiger partial charge on any atom is -0.299 e. The van der Waals surface area contributed by atoms with Crippen LogP contribution in [0.5, 0.6) is 0 Å². The molecule has 0 N–H and O–H groups in total. The highest BCUT2D eigenvalue weighted by Gasteiger charge is 2.20. The van der Waals surface area contributed by atoms with E-state index < -0.39 is 0 Å². The number of nitrogens with zero attached hydrogens (tertiary/aromatic N) is 3. The zero-order valence-electron chi connectivity index (χ0n) is 21.1. The van der Waals surface area contributed by atoms with E-state index in [1.54, 1.807) is 0 Å². The van der Waals surface area contributed by atoms with E-state index in [0.29, 0.717) is 0 Å². The van der Waals surface area contributed by atoms with Gasteiger partial charge in [-0.15, -0.1) is 0 Å². The minimum atomic E-state index is 0.866. The van der Waals surface area contributed by atoms with Gasteiger partial charge in [-0.25, -0.2) is 4.98 Å². The van der Waals surface area contributed by atoms with E-state index in [4.69, 9.17) is 4.98 Å². The van der Waals surface area contributed by atoms with Gasteiger partial charge in [0.2, 0.25) is 0 Å². The van der Waals surface area contributed by atoms with Crippen LogP contribution in [0.2, 0.25) is 0 Å². The standard InChI is InChI=1S/C36H23N3/c1-2-12-25-24(11-1)23-32(29-16-6-3-13-26(25)29)30-19-20-31(28-15-5-4-14-27(28)30)36-35(33-17-7-9-21-37-33)38-34-18-8-10-22-39(34)36/h1-23H. The summed E-state index contributed by atoms with van der Waals surface area (Å²) < 4.78 is 2.18. The van der Waals surface area contributed by atoms with Gasteiger partial charge in [-0.05, 0) is 73.8 Å². The van der Waals surface area contributed by atoms with E-state index in [2.05, 4.69) is 113 Å². The van der Waals surface area contributed by atoms with Crippen molar-refractivity contribution in [1.82, 2.24) is 14.4 Å². The molecule has 5 aromatic carbocycles. The Morgan fingerprint density at radius 1 is 0.487 bits per heavy atom. The molecule has 0 saturated carbocycles. The van der Waals surface area contributed by atoms with Gasteiger partial charge in [-0.2, -0.15) is 0 Å². The van der Waals surface area contributed by atoms with Crippen LogP contribution in [0, 0.1) is 0 Å². The molecule has 0 spiro atoms.